The van der Waals surface area contributed by atoms with Crippen molar-refractivity contribution in [3.8, 4) is 0 Å². The lowest BCUT2D eigenvalue weighted by molar-refractivity contribution is 0.602. The Balaban J connectivity index is 2.19. The smallest absolute Gasteiger partial charge is 0.175 e. The van der Waals surface area contributed by atoms with Gasteiger partial charge in [-0.15, -0.1) is 0 Å². The van der Waals surface area contributed by atoms with E-state index in [4.69, 9.17) is 0 Å². The molecule has 0 unspecified atom stereocenters. The van der Waals surface area contributed by atoms with E-state index in [2.05, 4.69) is 10.3 Å². The van der Waals surface area contributed by atoms with E-state index in [1.165, 1.54) is 6.26 Å². The number of anilines is 1. The summed E-state index contributed by atoms with van der Waals surface area (Å²) >= 11 is 0. The average Bonchev–Trinajstić information content (AvgIpc) is 2.38. The van der Waals surface area contributed by atoms with Gasteiger partial charge in [0.25, 0.3) is 0 Å². The summed E-state index contributed by atoms with van der Waals surface area (Å²) in [4.78, 5) is 4.56. The molecule has 1 N–H and O–H groups in total. The predicted octanol–water partition coefficient (Wildman–Crippen LogP) is 2.71. The molecule has 2 rings (SSSR count). The molecular weight excluding hydrogens is 272 g/mol. The molecule has 1 aromatic carbocycles. The monoisotopic (exact) mass is 290 g/mol. The van der Waals surface area contributed by atoms with Crippen molar-refractivity contribution in [2.75, 3.05) is 11.6 Å². The molecule has 0 amide bonds. The Bertz CT molecular complexity index is 707. The molecule has 0 spiro atoms. The van der Waals surface area contributed by atoms with Gasteiger partial charge in [-0.25, -0.2) is 8.42 Å². The van der Waals surface area contributed by atoms with Crippen LogP contribution in [0.5, 0.6) is 0 Å². The highest BCUT2D eigenvalue weighted by atomic mass is 32.2. The third-order valence-corrected chi connectivity index (χ3v) is 4.20. The van der Waals surface area contributed by atoms with Crippen LogP contribution >= 0.6 is 0 Å². The van der Waals surface area contributed by atoms with E-state index in [1.807, 2.05) is 38.2 Å². The van der Waals surface area contributed by atoms with Crippen molar-refractivity contribution in [3.63, 3.8) is 0 Å². The second-order valence-electron chi connectivity index (χ2n) is 4.91. The van der Waals surface area contributed by atoms with E-state index < -0.39 is 9.84 Å². The quantitative estimate of drug-likeness (QED) is 0.940. The van der Waals surface area contributed by atoms with Crippen molar-refractivity contribution in [1.82, 2.24) is 4.98 Å². The molecule has 0 aliphatic heterocycles. The minimum absolute atomic E-state index is 0.327. The van der Waals surface area contributed by atoms with Crippen LogP contribution in [0.15, 0.2) is 41.4 Å². The summed E-state index contributed by atoms with van der Waals surface area (Å²) in [6, 6.07) is 9.07. The van der Waals surface area contributed by atoms with Crippen LogP contribution in [-0.4, -0.2) is 19.7 Å². The summed E-state index contributed by atoms with van der Waals surface area (Å²) in [6.07, 6.45) is 3.03. The molecule has 0 fully saturated rings. The van der Waals surface area contributed by atoms with Gasteiger partial charge in [0.1, 0.15) is 0 Å². The zero-order valence-electron chi connectivity index (χ0n) is 11.8. The summed E-state index contributed by atoms with van der Waals surface area (Å²) in [5, 5.41) is 3.26. The molecule has 0 bridgehead atoms. The fourth-order valence-corrected chi connectivity index (χ4v) is 2.47. The highest BCUT2D eigenvalue weighted by Crippen LogP contribution is 2.20. The number of rotatable bonds is 4. The van der Waals surface area contributed by atoms with Gasteiger partial charge in [-0.2, -0.15) is 0 Å². The molecule has 0 aliphatic rings. The number of aryl methyl sites for hydroxylation is 2. The molecule has 0 saturated heterocycles. The van der Waals surface area contributed by atoms with Gasteiger partial charge in [-0.3, -0.25) is 4.98 Å². The Morgan fingerprint density at radius 2 is 1.90 bits per heavy atom. The third-order valence-electron chi connectivity index (χ3n) is 3.09. The van der Waals surface area contributed by atoms with Crippen LogP contribution in [0.3, 0.4) is 0 Å². The number of hydrogen-bond donors (Lipinski definition) is 1. The molecule has 1 heterocycles. The van der Waals surface area contributed by atoms with Crippen LogP contribution in [0, 0.1) is 13.8 Å². The molecule has 0 atom stereocenters. The Kier molecular flexibility index (Phi) is 4.09. The fraction of sp³-hybridized carbons (Fsp3) is 0.267. The molecule has 4 nitrogen and oxygen atoms in total. The minimum atomic E-state index is -3.18. The van der Waals surface area contributed by atoms with Gasteiger partial charge < -0.3 is 5.32 Å². The first kappa shape index (κ1) is 14.5. The lowest BCUT2D eigenvalue weighted by Gasteiger charge is -2.11. The lowest BCUT2D eigenvalue weighted by atomic mass is 10.2. The van der Waals surface area contributed by atoms with E-state index in [0.717, 1.165) is 22.5 Å². The molecule has 5 heteroatoms. The molecular formula is C15H18N2O2S. The van der Waals surface area contributed by atoms with Crippen LogP contribution in [-0.2, 0) is 16.4 Å². The number of nitrogens with one attached hydrogen (secondary N) is 1. The summed E-state index contributed by atoms with van der Waals surface area (Å²) in [7, 11) is -3.18. The van der Waals surface area contributed by atoms with E-state index >= 15 is 0 Å². The van der Waals surface area contributed by atoms with Crippen LogP contribution in [0.25, 0.3) is 0 Å². The molecule has 106 valence electrons. The van der Waals surface area contributed by atoms with Crippen molar-refractivity contribution in [2.24, 2.45) is 0 Å². The Morgan fingerprint density at radius 3 is 2.50 bits per heavy atom. The van der Waals surface area contributed by atoms with Crippen LogP contribution in [0.2, 0.25) is 0 Å². The van der Waals surface area contributed by atoms with Crippen molar-refractivity contribution < 1.29 is 8.42 Å². The number of benzene rings is 1. The van der Waals surface area contributed by atoms with Gasteiger partial charge >= 0.3 is 0 Å². The van der Waals surface area contributed by atoms with Crippen molar-refractivity contribution in [2.45, 2.75) is 25.3 Å². The van der Waals surface area contributed by atoms with E-state index in [9.17, 15) is 8.42 Å². The van der Waals surface area contributed by atoms with Gasteiger partial charge in [0.15, 0.2) is 9.84 Å². The SMILES string of the molecule is Cc1ccc(CNc2cc(S(C)(=O)=O)ccc2C)cn1. The summed E-state index contributed by atoms with van der Waals surface area (Å²) in [5.74, 6) is 0. The van der Waals surface area contributed by atoms with Crippen molar-refractivity contribution >= 4 is 15.5 Å². The van der Waals surface area contributed by atoms with Gasteiger partial charge in [-0.1, -0.05) is 12.1 Å². The van der Waals surface area contributed by atoms with E-state index in [1.54, 1.807) is 12.1 Å². The average molecular weight is 290 g/mol. The number of hydrogen-bond acceptors (Lipinski definition) is 4. The fourth-order valence-electron chi connectivity index (χ4n) is 1.82. The molecule has 2 aromatic rings. The maximum absolute atomic E-state index is 11.6. The van der Waals surface area contributed by atoms with E-state index in [-0.39, 0.29) is 0 Å². The summed E-state index contributed by atoms with van der Waals surface area (Å²) < 4.78 is 23.1. The second kappa shape index (κ2) is 5.63. The first-order chi connectivity index (χ1) is 9.36. The number of aromatic nitrogens is 1. The normalized spacial score (nSPS) is 11.3. The minimum Gasteiger partial charge on any atom is -0.381 e. The number of pyridine rings is 1. The highest BCUT2D eigenvalue weighted by Gasteiger charge is 2.09. The zero-order chi connectivity index (χ0) is 14.8. The molecule has 1 aromatic heterocycles. The van der Waals surface area contributed by atoms with E-state index in [0.29, 0.717) is 11.4 Å². The third kappa shape index (κ3) is 3.57. The Morgan fingerprint density at radius 1 is 1.15 bits per heavy atom. The Labute approximate surface area is 119 Å². The zero-order valence-corrected chi connectivity index (χ0v) is 12.7. The van der Waals surface area contributed by atoms with Crippen LogP contribution in [0.1, 0.15) is 16.8 Å². The Hall–Kier alpha value is -1.88. The molecule has 0 radical (unpaired) electrons. The lowest BCUT2D eigenvalue weighted by Crippen LogP contribution is -2.04. The first-order valence-electron chi connectivity index (χ1n) is 6.32. The van der Waals surface area contributed by atoms with Crippen molar-refractivity contribution in [1.29, 1.82) is 0 Å². The largest absolute Gasteiger partial charge is 0.381 e. The van der Waals surface area contributed by atoms with Gasteiger partial charge in [0.05, 0.1) is 4.90 Å². The van der Waals surface area contributed by atoms with Gasteiger partial charge in [0.2, 0.25) is 0 Å². The van der Waals surface area contributed by atoms with Gasteiger partial charge in [-0.05, 0) is 43.2 Å². The topological polar surface area (TPSA) is 59.1 Å². The van der Waals surface area contributed by atoms with Crippen LogP contribution in [0.4, 0.5) is 5.69 Å². The standard InChI is InChI=1S/C15H18N2O2S/c1-11-4-7-14(20(3,18)19)8-15(11)17-10-13-6-5-12(2)16-9-13/h4-9,17H,10H2,1-3H3. The second-order valence-corrected chi connectivity index (χ2v) is 6.93. The summed E-state index contributed by atoms with van der Waals surface area (Å²) in [5.41, 5.74) is 3.87. The number of nitrogens with zero attached hydrogens (tertiary/aromatic N) is 1. The van der Waals surface area contributed by atoms with Gasteiger partial charge in [0, 0.05) is 30.4 Å². The first-order valence-corrected chi connectivity index (χ1v) is 8.21. The molecule has 20 heavy (non-hydrogen) atoms. The molecule has 0 saturated carbocycles. The maximum atomic E-state index is 11.6. The number of sulfone groups is 1. The summed E-state index contributed by atoms with van der Waals surface area (Å²) in [6.45, 7) is 4.50. The molecule has 0 aliphatic carbocycles. The maximum Gasteiger partial charge on any atom is 0.175 e. The van der Waals surface area contributed by atoms with Crippen molar-refractivity contribution in [3.05, 3.63) is 53.3 Å². The highest BCUT2D eigenvalue weighted by molar-refractivity contribution is 7.90. The predicted molar refractivity (Wildman–Crippen MR) is 80.6 cm³/mol. The van der Waals surface area contributed by atoms with Crippen LogP contribution < -0.4 is 5.32 Å².